The van der Waals surface area contributed by atoms with E-state index >= 15 is 0 Å². The van der Waals surface area contributed by atoms with Gasteiger partial charge < -0.3 is 15.5 Å². The highest BCUT2D eigenvalue weighted by Gasteiger charge is 2.16. The van der Waals surface area contributed by atoms with Gasteiger partial charge in [0, 0.05) is 10.6 Å². The quantitative estimate of drug-likeness (QED) is 0.753. The Hall–Kier alpha value is -2.53. The van der Waals surface area contributed by atoms with E-state index in [2.05, 4.69) is 5.32 Å². The normalized spacial score (nSPS) is 11.7. The summed E-state index contributed by atoms with van der Waals surface area (Å²) in [5.41, 5.74) is 1.02. The van der Waals surface area contributed by atoms with Gasteiger partial charge in [-0.15, -0.1) is 0 Å². The minimum atomic E-state index is -0.985. The van der Waals surface area contributed by atoms with Gasteiger partial charge >= 0.3 is 5.97 Å². The van der Waals surface area contributed by atoms with Gasteiger partial charge in [0.25, 0.3) is 5.91 Å². The summed E-state index contributed by atoms with van der Waals surface area (Å²) in [6, 6.07) is 10.6. The molecule has 0 aliphatic rings. The van der Waals surface area contributed by atoms with Gasteiger partial charge in [0.2, 0.25) is 0 Å². The maximum Gasteiger partial charge on any atom is 0.310 e. The largest absolute Gasteiger partial charge is 0.506 e. The number of amides is 1. The second-order valence-corrected chi connectivity index (χ2v) is 5.23. The number of aliphatic carboxylic acids is 1. The lowest BCUT2D eigenvalue weighted by atomic mass is 10.0. The van der Waals surface area contributed by atoms with Crippen LogP contribution in [0, 0.1) is 0 Å². The molecule has 0 saturated carbocycles. The fraction of sp³-hybridized carbons (Fsp3) is 0.125. The number of carbonyl (C=O) groups is 2. The summed E-state index contributed by atoms with van der Waals surface area (Å²) >= 11 is 5.76. The van der Waals surface area contributed by atoms with Crippen LogP contribution in [0.15, 0.2) is 42.5 Å². The number of benzene rings is 2. The molecule has 0 bridgehead atoms. The van der Waals surface area contributed by atoms with Crippen LogP contribution in [0.5, 0.6) is 5.75 Å². The number of halogens is 1. The van der Waals surface area contributed by atoms with Gasteiger partial charge in [0.1, 0.15) is 5.75 Å². The molecule has 2 rings (SSSR count). The van der Waals surface area contributed by atoms with Crippen molar-refractivity contribution in [3.8, 4) is 5.75 Å². The van der Waals surface area contributed by atoms with Gasteiger partial charge in [-0.3, -0.25) is 9.59 Å². The third kappa shape index (κ3) is 3.56. The Morgan fingerprint density at radius 1 is 1.14 bits per heavy atom. The van der Waals surface area contributed by atoms with Crippen LogP contribution in [-0.2, 0) is 4.79 Å². The Morgan fingerprint density at radius 2 is 1.77 bits per heavy atom. The molecule has 0 spiro atoms. The van der Waals surface area contributed by atoms with Gasteiger partial charge in [-0.1, -0.05) is 17.7 Å². The first-order valence-corrected chi connectivity index (χ1v) is 6.89. The van der Waals surface area contributed by atoms with Crippen LogP contribution < -0.4 is 5.32 Å². The maximum absolute atomic E-state index is 12.1. The predicted molar refractivity (Wildman–Crippen MR) is 83.6 cm³/mol. The third-order valence-corrected chi connectivity index (χ3v) is 3.50. The number of carboxylic acid groups (broad SMARTS) is 1. The lowest BCUT2D eigenvalue weighted by Crippen LogP contribution is -2.13. The predicted octanol–water partition coefficient (Wildman–Crippen LogP) is 3.49. The van der Waals surface area contributed by atoms with Crippen LogP contribution in [0.1, 0.15) is 28.8 Å². The fourth-order valence-corrected chi connectivity index (χ4v) is 1.99. The van der Waals surface area contributed by atoms with Gasteiger partial charge in [0.15, 0.2) is 0 Å². The van der Waals surface area contributed by atoms with Crippen molar-refractivity contribution in [3.63, 3.8) is 0 Å². The third-order valence-electron chi connectivity index (χ3n) is 3.25. The molecule has 0 saturated heterocycles. The molecular formula is C16H14ClNO4. The fourth-order valence-electron chi connectivity index (χ4n) is 1.86. The molecule has 0 aliphatic heterocycles. The number of carbonyl (C=O) groups excluding carboxylic acids is 1. The van der Waals surface area contributed by atoms with Crippen LogP contribution in [0.2, 0.25) is 5.02 Å². The Labute approximate surface area is 132 Å². The molecule has 1 amide bonds. The van der Waals surface area contributed by atoms with Crippen molar-refractivity contribution in [2.75, 3.05) is 5.32 Å². The van der Waals surface area contributed by atoms with Crippen molar-refractivity contribution >= 4 is 29.2 Å². The van der Waals surface area contributed by atoms with E-state index in [1.807, 2.05) is 0 Å². The second kappa shape index (κ2) is 6.49. The SMILES string of the molecule is CC(C(=O)O)c1ccc(O)c(NC(=O)c2ccc(Cl)cc2)c1. The number of aromatic hydroxyl groups is 1. The van der Waals surface area contributed by atoms with Crippen molar-refractivity contribution in [1.82, 2.24) is 0 Å². The van der Waals surface area contributed by atoms with E-state index in [0.717, 1.165) is 0 Å². The van der Waals surface area contributed by atoms with Crippen molar-refractivity contribution < 1.29 is 19.8 Å². The second-order valence-electron chi connectivity index (χ2n) is 4.80. The summed E-state index contributed by atoms with van der Waals surface area (Å²) in [4.78, 5) is 23.1. The minimum absolute atomic E-state index is 0.136. The zero-order chi connectivity index (χ0) is 16.3. The standard InChI is InChI=1S/C16H14ClNO4/c1-9(16(21)22)11-4-7-14(19)13(8-11)18-15(20)10-2-5-12(17)6-3-10/h2-9,19H,1H3,(H,18,20)(H,21,22). The van der Waals surface area contributed by atoms with Crippen LogP contribution in [-0.4, -0.2) is 22.1 Å². The van der Waals surface area contributed by atoms with E-state index in [4.69, 9.17) is 16.7 Å². The number of rotatable bonds is 4. The van der Waals surface area contributed by atoms with E-state index in [1.54, 1.807) is 24.3 Å². The minimum Gasteiger partial charge on any atom is -0.506 e. The van der Waals surface area contributed by atoms with Crippen LogP contribution in [0.25, 0.3) is 0 Å². The lowest BCUT2D eigenvalue weighted by molar-refractivity contribution is -0.138. The molecular weight excluding hydrogens is 306 g/mol. The summed E-state index contributed by atoms with van der Waals surface area (Å²) in [5.74, 6) is -2.29. The van der Waals surface area contributed by atoms with Crippen LogP contribution >= 0.6 is 11.6 Å². The summed E-state index contributed by atoms with van der Waals surface area (Å²) in [5, 5.41) is 21.9. The van der Waals surface area contributed by atoms with Gasteiger partial charge in [0.05, 0.1) is 11.6 Å². The molecule has 6 heteroatoms. The topological polar surface area (TPSA) is 86.6 Å². The number of hydrogen-bond donors (Lipinski definition) is 3. The number of phenolic OH excluding ortho intramolecular Hbond substituents is 1. The van der Waals surface area contributed by atoms with E-state index in [9.17, 15) is 14.7 Å². The molecule has 0 aromatic heterocycles. The van der Waals surface area contributed by atoms with E-state index < -0.39 is 17.8 Å². The Balaban J connectivity index is 2.25. The Kier molecular flexibility index (Phi) is 4.68. The summed E-state index contributed by atoms with van der Waals surface area (Å²) in [7, 11) is 0. The monoisotopic (exact) mass is 319 g/mol. The number of carboxylic acids is 1. The molecule has 2 aromatic carbocycles. The van der Waals surface area contributed by atoms with Crippen molar-refractivity contribution in [2.24, 2.45) is 0 Å². The lowest BCUT2D eigenvalue weighted by Gasteiger charge is -2.12. The molecule has 0 fully saturated rings. The van der Waals surface area contributed by atoms with E-state index in [1.165, 1.54) is 25.1 Å². The number of nitrogens with one attached hydrogen (secondary N) is 1. The molecule has 1 atom stereocenters. The zero-order valence-corrected chi connectivity index (χ0v) is 12.5. The van der Waals surface area contributed by atoms with E-state index in [-0.39, 0.29) is 11.4 Å². The first-order valence-electron chi connectivity index (χ1n) is 6.51. The smallest absolute Gasteiger partial charge is 0.310 e. The molecule has 1 unspecified atom stereocenters. The maximum atomic E-state index is 12.1. The Morgan fingerprint density at radius 3 is 2.36 bits per heavy atom. The van der Waals surface area contributed by atoms with Crippen LogP contribution in [0.4, 0.5) is 5.69 Å². The molecule has 114 valence electrons. The molecule has 3 N–H and O–H groups in total. The van der Waals surface area contributed by atoms with Gasteiger partial charge in [-0.05, 0) is 48.9 Å². The van der Waals surface area contributed by atoms with Gasteiger partial charge in [-0.25, -0.2) is 0 Å². The zero-order valence-electron chi connectivity index (χ0n) is 11.7. The molecule has 0 heterocycles. The number of anilines is 1. The molecule has 2 aromatic rings. The van der Waals surface area contributed by atoms with Gasteiger partial charge in [-0.2, -0.15) is 0 Å². The molecule has 5 nitrogen and oxygen atoms in total. The number of phenols is 1. The molecule has 0 radical (unpaired) electrons. The van der Waals surface area contributed by atoms with E-state index in [0.29, 0.717) is 16.1 Å². The summed E-state index contributed by atoms with van der Waals surface area (Å²) < 4.78 is 0. The highest BCUT2D eigenvalue weighted by Crippen LogP contribution is 2.28. The molecule has 0 aliphatic carbocycles. The van der Waals surface area contributed by atoms with Crippen molar-refractivity contribution in [3.05, 3.63) is 58.6 Å². The first-order chi connectivity index (χ1) is 10.4. The Bertz CT molecular complexity index is 713. The molecule has 22 heavy (non-hydrogen) atoms. The first kappa shape index (κ1) is 15.9. The highest BCUT2D eigenvalue weighted by atomic mass is 35.5. The summed E-state index contributed by atoms with van der Waals surface area (Å²) in [6.07, 6.45) is 0. The summed E-state index contributed by atoms with van der Waals surface area (Å²) in [6.45, 7) is 1.53. The average molecular weight is 320 g/mol. The van der Waals surface area contributed by atoms with Crippen molar-refractivity contribution in [2.45, 2.75) is 12.8 Å². The van der Waals surface area contributed by atoms with Crippen molar-refractivity contribution in [1.29, 1.82) is 0 Å². The average Bonchev–Trinajstić information content (AvgIpc) is 2.49. The highest BCUT2D eigenvalue weighted by molar-refractivity contribution is 6.30. The number of hydrogen-bond acceptors (Lipinski definition) is 3. The van der Waals surface area contributed by atoms with Crippen LogP contribution in [0.3, 0.4) is 0 Å².